The Morgan fingerprint density at radius 3 is 2.91 bits per heavy atom. The second kappa shape index (κ2) is 4.10. The van der Waals surface area contributed by atoms with Gasteiger partial charge in [0.25, 0.3) is 0 Å². The van der Waals surface area contributed by atoms with Crippen LogP contribution in [-0.4, -0.2) is 28.7 Å². The van der Waals surface area contributed by atoms with Gasteiger partial charge in [0.05, 0.1) is 5.33 Å². The van der Waals surface area contributed by atoms with Crippen LogP contribution in [0.1, 0.15) is 26.2 Å². The fourth-order valence-electron chi connectivity index (χ4n) is 1.55. The van der Waals surface area contributed by atoms with E-state index in [4.69, 9.17) is 0 Å². The molecule has 0 saturated carbocycles. The molecule has 0 spiro atoms. The monoisotopic (exact) mass is 219 g/mol. The molecule has 0 aromatic carbocycles. The van der Waals surface area contributed by atoms with Crippen molar-refractivity contribution >= 4 is 21.8 Å². The van der Waals surface area contributed by atoms with Gasteiger partial charge in [-0.15, -0.1) is 0 Å². The largest absolute Gasteiger partial charge is 0.339 e. The van der Waals surface area contributed by atoms with Crippen LogP contribution in [0.5, 0.6) is 0 Å². The van der Waals surface area contributed by atoms with E-state index in [0.29, 0.717) is 11.4 Å². The van der Waals surface area contributed by atoms with Gasteiger partial charge in [-0.1, -0.05) is 15.9 Å². The number of hydrogen-bond donors (Lipinski definition) is 0. The predicted molar refractivity (Wildman–Crippen MR) is 48.8 cm³/mol. The number of piperidine rings is 1. The molecule has 1 fully saturated rings. The van der Waals surface area contributed by atoms with E-state index >= 15 is 0 Å². The lowest BCUT2D eigenvalue weighted by Gasteiger charge is -2.32. The molecule has 1 heterocycles. The highest BCUT2D eigenvalue weighted by Gasteiger charge is 2.21. The van der Waals surface area contributed by atoms with E-state index in [-0.39, 0.29) is 5.91 Å². The van der Waals surface area contributed by atoms with Crippen LogP contribution in [0.25, 0.3) is 0 Å². The van der Waals surface area contributed by atoms with Crippen LogP contribution in [0.15, 0.2) is 0 Å². The van der Waals surface area contributed by atoms with Crippen LogP contribution in [0, 0.1) is 0 Å². The first kappa shape index (κ1) is 9.04. The van der Waals surface area contributed by atoms with Crippen LogP contribution in [0.2, 0.25) is 0 Å². The van der Waals surface area contributed by atoms with Crippen molar-refractivity contribution in [2.45, 2.75) is 32.2 Å². The van der Waals surface area contributed by atoms with Crippen molar-refractivity contribution in [1.29, 1.82) is 0 Å². The average molecular weight is 220 g/mol. The molecule has 1 rings (SSSR count). The van der Waals surface area contributed by atoms with Gasteiger partial charge in [-0.2, -0.15) is 0 Å². The number of carbonyl (C=O) groups is 1. The van der Waals surface area contributed by atoms with E-state index in [1.165, 1.54) is 19.3 Å². The van der Waals surface area contributed by atoms with Gasteiger partial charge in [0, 0.05) is 12.6 Å². The zero-order valence-corrected chi connectivity index (χ0v) is 8.43. The fourth-order valence-corrected chi connectivity index (χ4v) is 1.87. The van der Waals surface area contributed by atoms with Crippen molar-refractivity contribution in [2.24, 2.45) is 0 Å². The summed E-state index contributed by atoms with van der Waals surface area (Å²) in [6.45, 7) is 3.07. The molecule has 64 valence electrons. The molecule has 1 aliphatic heterocycles. The quantitative estimate of drug-likeness (QED) is 0.617. The Hall–Kier alpha value is -0.0500. The third-order valence-electron chi connectivity index (χ3n) is 2.24. The Kier molecular flexibility index (Phi) is 3.37. The maximum Gasteiger partial charge on any atom is 0.233 e. The van der Waals surface area contributed by atoms with Crippen LogP contribution < -0.4 is 0 Å². The van der Waals surface area contributed by atoms with Gasteiger partial charge in [-0.3, -0.25) is 4.79 Å². The van der Waals surface area contributed by atoms with E-state index < -0.39 is 0 Å². The highest BCUT2D eigenvalue weighted by Crippen LogP contribution is 2.16. The van der Waals surface area contributed by atoms with Gasteiger partial charge in [-0.05, 0) is 26.2 Å². The molecule has 2 nitrogen and oxygen atoms in total. The SMILES string of the molecule is C[C@H]1CCCCN1C(=O)CBr. The van der Waals surface area contributed by atoms with Crippen molar-refractivity contribution in [1.82, 2.24) is 4.90 Å². The number of amides is 1. The first-order valence-electron chi connectivity index (χ1n) is 4.11. The minimum absolute atomic E-state index is 0.234. The zero-order chi connectivity index (χ0) is 8.27. The summed E-state index contributed by atoms with van der Waals surface area (Å²) in [4.78, 5) is 13.2. The second-order valence-corrected chi connectivity index (χ2v) is 3.63. The smallest absolute Gasteiger partial charge is 0.233 e. The molecular formula is C8H14BrNO. The van der Waals surface area contributed by atoms with Crippen LogP contribution in [0.3, 0.4) is 0 Å². The third-order valence-corrected chi connectivity index (χ3v) is 2.72. The second-order valence-electron chi connectivity index (χ2n) is 3.07. The summed E-state index contributed by atoms with van der Waals surface area (Å²) < 4.78 is 0. The molecule has 0 aliphatic carbocycles. The average Bonchev–Trinajstić information content (AvgIpc) is 2.04. The Morgan fingerprint density at radius 1 is 1.64 bits per heavy atom. The molecule has 0 aromatic rings. The van der Waals surface area contributed by atoms with Crippen molar-refractivity contribution in [3.05, 3.63) is 0 Å². The number of halogens is 1. The number of alkyl halides is 1. The Labute approximate surface area is 76.1 Å². The molecule has 1 saturated heterocycles. The summed E-state index contributed by atoms with van der Waals surface area (Å²) in [5.74, 6) is 0.234. The summed E-state index contributed by atoms with van der Waals surface area (Å²) in [7, 11) is 0. The lowest BCUT2D eigenvalue weighted by atomic mass is 10.0. The summed E-state index contributed by atoms with van der Waals surface area (Å²) in [5, 5.41) is 0.470. The maximum atomic E-state index is 11.3. The third kappa shape index (κ3) is 2.19. The molecule has 0 aromatic heterocycles. The van der Waals surface area contributed by atoms with Crippen LogP contribution >= 0.6 is 15.9 Å². The highest BCUT2D eigenvalue weighted by atomic mass is 79.9. The number of rotatable bonds is 1. The molecule has 0 N–H and O–H groups in total. The van der Waals surface area contributed by atoms with Crippen molar-refractivity contribution in [3.8, 4) is 0 Å². The Bertz CT molecular complexity index is 149. The highest BCUT2D eigenvalue weighted by molar-refractivity contribution is 9.09. The van der Waals surface area contributed by atoms with Crippen LogP contribution in [-0.2, 0) is 4.79 Å². The Balaban J connectivity index is 2.47. The Morgan fingerprint density at radius 2 is 2.36 bits per heavy atom. The minimum atomic E-state index is 0.234. The van der Waals surface area contributed by atoms with Gasteiger partial charge in [0.1, 0.15) is 0 Å². The molecule has 1 aliphatic rings. The summed E-state index contributed by atoms with van der Waals surface area (Å²) in [6.07, 6.45) is 3.61. The summed E-state index contributed by atoms with van der Waals surface area (Å²) >= 11 is 3.19. The van der Waals surface area contributed by atoms with E-state index in [1.54, 1.807) is 0 Å². The zero-order valence-electron chi connectivity index (χ0n) is 6.85. The van der Waals surface area contributed by atoms with Crippen molar-refractivity contribution in [2.75, 3.05) is 11.9 Å². The molecule has 1 amide bonds. The normalized spacial score (nSPS) is 25.3. The van der Waals surface area contributed by atoms with Gasteiger partial charge < -0.3 is 4.90 Å². The van der Waals surface area contributed by atoms with Crippen molar-refractivity contribution < 1.29 is 4.79 Å². The number of hydrogen-bond acceptors (Lipinski definition) is 1. The molecular weight excluding hydrogens is 206 g/mol. The molecule has 3 heteroatoms. The molecule has 0 bridgehead atoms. The summed E-state index contributed by atoms with van der Waals surface area (Å²) in [6, 6.07) is 0.453. The molecule has 0 unspecified atom stereocenters. The minimum Gasteiger partial charge on any atom is -0.339 e. The fraction of sp³-hybridized carbons (Fsp3) is 0.875. The van der Waals surface area contributed by atoms with E-state index in [2.05, 4.69) is 22.9 Å². The number of carbonyl (C=O) groups excluding carboxylic acids is 1. The van der Waals surface area contributed by atoms with E-state index in [1.807, 2.05) is 4.90 Å². The summed E-state index contributed by atoms with van der Waals surface area (Å²) in [5.41, 5.74) is 0. The first-order valence-corrected chi connectivity index (χ1v) is 5.23. The topological polar surface area (TPSA) is 20.3 Å². The van der Waals surface area contributed by atoms with Gasteiger partial charge >= 0.3 is 0 Å². The standard InChI is InChI=1S/C8H14BrNO/c1-7-4-2-3-5-10(7)8(11)6-9/h7H,2-6H2,1H3/t7-/m0/s1. The van der Waals surface area contributed by atoms with Crippen molar-refractivity contribution in [3.63, 3.8) is 0 Å². The van der Waals surface area contributed by atoms with Gasteiger partial charge in [0.15, 0.2) is 0 Å². The first-order chi connectivity index (χ1) is 5.25. The van der Waals surface area contributed by atoms with Gasteiger partial charge in [0.2, 0.25) is 5.91 Å². The lowest BCUT2D eigenvalue weighted by Crippen LogP contribution is -2.42. The van der Waals surface area contributed by atoms with E-state index in [0.717, 1.165) is 6.54 Å². The molecule has 1 atom stereocenters. The van der Waals surface area contributed by atoms with Crippen LogP contribution in [0.4, 0.5) is 0 Å². The predicted octanol–water partition coefficient (Wildman–Crippen LogP) is 1.78. The van der Waals surface area contributed by atoms with E-state index in [9.17, 15) is 4.79 Å². The number of nitrogens with zero attached hydrogens (tertiary/aromatic N) is 1. The van der Waals surface area contributed by atoms with Gasteiger partial charge in [-0.25, -0.2) is 0 Å². The molecule has 0 radical (unpaired) electrons. The molecule has 11 heavy (non-hydrogen) atoms. The maximum absolute atomic E-state index is 11.3. The lowest BCUT2D eigenvalue weighted by molar-refractivity contribution is -0.131. The number of likely N-dealkylation sites (tertiary alicyclic amines) is 1.